The molecule has 0 atom stereocenters. The molecule has 6 aromatic carbocycles. The molecule has 0 N–H and O–H groups in total. The van der Waals surface area contributed by atoms with Crippen molar-refractivity contribution < 1.29 is 0 Å². The highest BCUT2D eigenvalue weighted by Crippen LogP contribution is 2.53. The largest absolute Gasteiger partial charge is 0.310 e. The minimum absolute atomic E-state index is 0.0609. The molecule has 1 nitrogen and oxygen atoms in total. The fourth-order valence-electron chi connectivity index (χ4n) is 9.17. The molecule has 0 radical (unpaired) electrons. The highest BCUT2D eigenvalue weighted by Gasteiger charge is 2.38. The first-order chi connectivity index (χ1) is 22.8. The minimum atomic E-state index is -0.0675. The van der Waals surface area contributed by atoms with Crippen LogP contribution in [0.2, 0.25) is 0 Å². The van der Waals surface area contributed by atoms with Gasteiger partial charge in [-0.3, -0.25) is 0 Å². The summed E-state index contributed by atoms with van der Waals surface area (Å²) in [6, 6.07) is 46.3. The summed E-state index contributed by atoms with van der Waals surface area (Å²) in [6.45, 7) is 9.61. The Morgan fingerprint density at radius 3 is 1.66 bits per heavy atom. The van der Waals surface area contributed by atoms with Crippen LogP contribution >= 0.6 is 0 Å². The third kappa shape index (κ3) is 4.36. The van der Waals surface area contributed by atoms with Gasteiger partial charge in [0.05, 0.1) is 0 Å². The second kappa shape index (κ2) is 10.4. The number of anilines is 3. The molecule has 1 saturated carbocycles. The van der Waals surface area contributed by atoms with Gasteiger partial charge in [0.2, 0.25) is 0 Å². The maximum absolute atomic E-state index is 2.56. The third-order valence-corrected chi connectivity index (χ3v) is 11.8. The van der Waals surface area contributed by atoms with Crippen molar-refractivity contribution >= 4 is 27.8 Å². The summed E-state index contributed by atoms with van der Waals surface area (Å²) in [7, 11) is 0. The monoisotopic (exact) mass is 609 g/mol. The van der Waals surface area contributed by atoms with E-state index in [4.69, 9.17) is 0 Å². The van der Waals surface area contributed by atoms with Gasteiger partial charge in [-0.15, -0.1) is 0 Å². The molecule has 6 aromatic rings. The van der Waals surface area contributed by atoms with Crippen molar-refractivity contribution in [2.24, 2.45) is 0 Å². The Bertz CT molecular complexity index is 2190. The standard InChI is InChI=1S/C46H43N/c1-45(2)41-17-11-10-16-37(41)39-24-21-35(28-43(39)45)47(34-20-18-31-14-8-9-15-32(31)26-34)36-22-25-40-38-23-19-33(30-12-6-5-7-13-30)27-42(38)46(3,4)44(40)29-36/h8-11,14-30H,5-7,12-13H2,1-4H3. The van der Waals surface area contributed by atoms with Crippen LogP contribution < -0.4 is 4.90 Å². The van der Waals surface area contributed by atoms with Crippen LogP contribution in [0.1, 0.15) is 93.5 Å². The smallest absolute Gasteiger partial charge is 0.0468 e. The summed E-state index contributed by atoms with van der Waals surface area (Å²) in [5.74, 6) is 0.711. The predicted octanol–water partition coefficient (Wildman–Crippen LogP) is 13.0. The van der Waals surface area contributed by atoms with Crippen LogP contribution in [0.15, 0.2) is 121 Å². The van der Waals surface area contributed by atoms with Crippen molar-refractivity contribution in [3.05, 3.63) is 149 Å². The van der Waals surface area contributed by atoms with Crippen LogP contribution in [0.25, 0.3) is 33.0 Å². The summed E-state index contributed by atoms with van der Waals surface area (Å²) in [4.78, 5) is 2.48. The van der Waals surface area contributed by atoms with E-state index in [9.17, 15) is 0 Å². The fraction of sp³-hybridized carbons (Fsp3) is 0.261. The van der Waals surface area contributed by atoms with Crippen molar-refractivity contribution in [2.45, 2.75) is 76.5 Å². The Hall–Kier alpha value is -4.62. The fourth-order valence-corrected chi connectivity index (χ4v) is 9.17. The summed E-state index contributed by atoms with van der Waals surface area (Å²) >= 11 is 0. The van der Waals surface area contributed by atoms with Crippen molar-refractivity contribution in [1.82, 2.24) is 0 Å². The number of hydrogen-bond donors (Lipinski definition) is 0. The maximum Gasteiger partial charge on any atom is 0.0468 e. The van der Waals surface area contributed by atoms with E-state index in [1.54, 1.807) is 5.56 Å². The Balaban J connectivity index is 1.19. The van der Waals surface area contributed by atoms with Gasteiger partial charge in [0, 0.05) is 27.9 Å². The molecule has 1 fully saturated rings. The first kappa shape index (κ1) is 28.6. The quantitative estimate of drug-likeness (QED) is 0.192. The highest BCUT2D eigenvalue weighted by molar-refractivity contribution is 5.92. The van der Waals surface area contributed by atoms with Gasteiger partial charge in [0.1, 0.15) is 0 Å². The molecule has 47 heavy (non-hydrogen) atoms. The number of fused-ring (bicyclic) bond motifs is 7. The van der Waals surface area contributed by atoms with Gasteiger partial charge in [-0.05, 0) is 116 Å². The topological polar surface area (TPSA) is 3.24 Å². The number of benzene rings is 6. The normalized spacial score (nSPS) is 17.2. The highest BCUT2D eigenvalue weighted by atomic mass is 15.1. The van der Waals surface area contributed by atoms with Gasteiger partial charge in [0.25, 0.3) is 0 Å². The molecular weight excluding hydrogens is 567 g/mol. The van der Waals surface area contributed by atoms with Gasteiger partial charge in [0.15, 0.2) is 0 Å². The van der Waals surface area contributed by atoms with E-state index in [0.717, 1.165) is 0 Å². The zero-order chi connectivity index (χ0) is 31.9. The summed E-state index contributed by atoms with van der Waals surface area (Å²) < 4.78 is 0. The van der Waals surface area contributed by atoms with E-state index in [1.165, 1.54) is 104 Å². The second-order valence-corrected chi connectivity index (χ2v) is 15.3. The molecule has 232 valence electrons. The second-order valence-electron chi connectivity index (χ2n) is 15.3. The summed E-state index contributed by atoms with van der Waals surface area (Å²) in [6.07, 6.45) is 6.79. The lowest BCUT2D eigenvalue weighted by Gasteiger charge is -2.30. The molecular formula is C46H43N. The van der Waals surface area contributed by atoms with Crippen LogP contribution in [-0.4, -0.2) is 0 Å². The average molecular weight is 610 g/mol. The number of nitrogens with zero attached hydrogens (tertiary/aromatic N) is 1. The molecule has 0 amide bonds. The molecule has 9 rings (SSSR count). The Labute approximate surface area is 279 Å². The number of hydrogen-bond acceptors (Lipinski definition) is 1. The van der Waals surface area contributed by atoms with E-state index in [-0.39, 0.29) is 10.8 Å². The Morgan fingerprint density at radius 1 is 0.447 bits per heavy atom. The van der Waals surface area contributed by atoms with Crippen molar-refractivity contribution in [3.63, 3.8) is 0 Å². The van der Waals surface area contributed by atoms with Crippen molar-refractivity contribution in [2.75, 3.05) is 4.90 Å². The van der Waals surface area contributed by atoms with Gasteiger partial charge in [-0.25, -0.2) is 0 Å². The number of rotatable bonds is 4. The van der Waals surface area contributed by atoms with Gasteiger partial charge in [-0.2, -0.15) is 0 Å². The summed E-state index contributed by atoms with van der Waals surface area (Å²) in [5.41, 5.74) is 16.2. The molecule has 3 aliphatic carbocycles. The molecule has 1 heteroatoms. The van der Waals surface area contributed by atoms with Gasteiger partial charge < -0.3 is 4.90 Å². The lowest BCUT2D eigenvalue weighted by atomic mass is 9.79. The van der Waals surface area contributed by atoms with Crippen LogP contribution in [-0.2, 0) is 10.8 Å². The van der Waals surface area contributed by atoms with E-state index in [1.807, 2.05) is 0 Å². The van der Waals surface area contributed by atoms with Crippen LogP contribution in [0.4, 0.5) is 17.1 Å². The van der Waals surface area contributed by atoms with E-state index in [2.05, 4.69) is 154 Å². The van der Waals surface area contributed by atoms with Crippen LogP contribution in [0, 0.1) is 0 Å². The zero-order valence-corrected chi connectivity index (χ0v) is 28.1. The van der Waals surface area contributed by atoms with E-state index < -0.39 is 0 Å². The first-order valence-corrected chi connectivity index (χ1v) is 17.6. The molecule has 0 aromatic heterocycles. The third-order valence-electron chi connectivity index (χ3n) is 11.8. The maximum atomic E-state index is 2.56. The van der Waals surface area contributed by atoms with Crippen molar-refractivity contribution in [1.29, 1.82) is 0 Å². The summed E-state index contributed by atoms with van der Waals surface area (Å²) in [5, 5.41) is 2.52. The van der Waals surface area contributed by atoms with E-state index in [0.29, 0.717) is 5.92 Å². The van der Waals surface area contributed by atoms with E-state index >= 15 is 0 Å². The Kier molecular flexibility index (Phi) is 6.35. The lowest BCUT2D eigenvalue weighted by molar-refractivity contribution is 0.443. The van der Waals surface area contributed by atoms with Gasteiger partial charge in [-0.1, -0.05) is 132 Å². The molecule has 0 unspecified atom stereocenters. The lowest BCUT2D eigenvalue weighted by Crippen LogP contribution is -2.18. The molecule has 0 saturated heterocycles. The van der Waals surface area contributed by atoms with Gasteiger partial charge >= 0.3 is 0 Å². The first-order valence-electron chi connectivity index (χ1n) is 17.6. The van der Waals surface area contributed by atoms with Crippen LogP contribution in [0.5, 0.6) is 0 Å². The van der Waals surface area contributed by atoms with Crippen molar-refractivity contribution in [3.8, 4) is 22.3 Å². The molecule has 3 aliphatic rings. The zero-order valence-electron chi connectivity index (χ0n) is 28.1. The average Bonchev–Trinajstić information content (AvgIpc) is 3.47. The molecule has 0 heterocycles. The predicted molar refractivity (Wildman–Crippen MR) is 200 cm³/mol. The Morgan fingerprint density at radius 2 is 0.957 bits per heavy atom. The molecule has 0 aliphatic heterocycles. The minimum Gasteiger partial charge on any atom is -0.310 e. The SMILES string of the molecule is CC1(C)c2ccccc2-c2ccc(N(c3ccc4c(c3)C(C)(C)c3cc(C5CCCCC5)ccc3-4)c3ccc4ccccc4c3)cc21. The molecule has 0 spiro atoms. The molecule has 0 bridgehead atoms. The van der Waals surface area contributed by atoms with Crippen LogP contribution in [0.3, 0.4) is 0 Å².